The number of thiazole rings is 1. The summed E-state index contributed by atoms with van der Waals surface area (Å²) in [6, 6.07) is 12.9. The van der Waals surface area contributed by atoms with Crippen LogP contribution in [0.4, 0.5) is 0 Å². The molecule has 148 valence electrons. The van der Waals surface area contributed by atoms with Gasteiger partial charge in [-0.1, -0.05) is 28.9 Å². The Morgan fingerprint density at radius 3 is 2.69 bits per heavy atom. The number of hydrogen-bond donors (Lipinski definition) is 0. The molecule has 0 bridgehead atoms. The van der Waals surface area contributed by atoms with E-state index in [1.54, 1.807) is 20.3 Å². The third kappa shape index (κ3) is 4.18. The fourth-order valence-electron chi connectivity index (χ4n) is 2.63. The van der Waals surface area contributed by atoms with Gasteiger partial charge in [0.05, 0.1) is 30.5 Å². The minimum Gasteiger partial charge on any atom is -0.497 e. The molecular weight excluding hydrogens is 414 g/mol. The van der Waals surface area contributed by atoms with E-state index in [0.717, 1.165) is 22.0 Å². The van der Waals surface area contributed by atoms with Gasteiger partial charge in [0.2, 0.25) is 5.82 Å². The van der Waals surface area contributed by atoms with Crippen molar-refractivity contribution in [3.05, 3.63) is 58.6 Å². The van der Waals surface area contributed by atoms with Gasteiger partial charge in [0.1, 0.15) is 23.1 Å². The first kappa shape index (κ1) is 19.2. The van der Waals surface area contributed by atoms with Crippen molar-refractivity contribution in [2.45, 2.75) is 6.61 Å². The van der Waals surface area contributed by atoms with Crippen LogP contribution in [0, 0.1) is 0 Å². The Labute approximate surface area is 175 Å². The molecule has 4 aromatic rings. The van der Waals surface area contributed by atoms with Crippen LogP contribution in [0.1, 0.15) is 5.69 Å². The van der Waals surface area contributed by atoms with E-state index in [4.69, 9.17) is 30.3 Å². The first-order chi connectivity index (χ1) is 14.2. The number of rotatable bonds is 7. The highest BCUT2D eigenvalue weighted by molar-refractivity contribution is 7.13. The van der Waals surface area contributed by atoms with E-state index in [1.807, 2.05) is 41.8 Å². The van der Waals surface area contributed by atoms with Crippen LogP contribution in [0.3, 0.4) is 0 Å². The second-order valence-corrected chi connectivity index (χ2v) is 7.13. The van der Waals surface area contributed by atoms with Crippen molar-refractivity contribution in [2.24, 2.45) is 0 Å². The zero-order chi connectivity index (χ0) is 20.2. The summed E-state index contributed by atoms with van der Waals surface area (Å²) >= 11 is 7.65. The quantitative estimate of drug-likeness (QED) is 0.403. The predicted octanol–water partition coefficient (Wildman–Crippen LogP) is 5.11. The Morgan fingerprint density at radius 2 is 1.90 bits per heavy atom. The standard InChI is InChI=1S/C20H16ClN3O4S/c1-25-13-7-8-15(17(9-13)26-2)19-22-12(11-29-19)10-27-20-23-18(24-28-20)14-5-3-4-6-16(14)21/h3-9,11H,10H2,1-2H3. The average Bonchev–Trinajstić information content (AvgIpc) is 3.41. The second kappa shape index (κ2) is 8.50. The Bertz CT molecular complexity index is 1130. The Kier molecular flexibility index (Phi) is 5.64. The molecule has 4 rings (SSSR count). The molecule has 0 amide bonds. The Balaban J connectivity index is 1.46. The summed E-state index contributed by atoms with van der Waals surface area (Å²) in [6.07, 6.45) is 0.0523. The van der Waals surface area contributed by atoms with Crippen molar-refractivity contribution in [1.29, 1.82) is 0 Å². The second-order valence-electron chi connectivity index (χ2n) is 5.86. The molecule has 0 N–H and O–H groups in total. The van der Waals surface area contributed by atoms with E-state index in [-0.39, 0.29) is 12.7 Å². The molecule has 9 heteroatoms. The van der Waals surface area contributed by atoms with Crippen molar-refractivity contribution in [3.8, 4) is 39.5 Å². The molecule has 0 atom stereocenters. The highest BCUT2D eigenvalue weighted by Gasteiger charge is 2.15. The average molecular weight is 430 g/mol. The predicted molar refractivity (Wildman–Crippen MR) is 110 cm³/mol. The van der Waals surface area contributed by atoms with Crippen LogP contribution in [0.15, 0.2) is 52.4 Å². The first-order valence-corrected chi connectivity index (χ1v) is 9.82. The van der Waals surface area contributed by atoms with Gasteiger partial charge in [0, 0.05) is 17.0 Å². The molecule has 0 saturated heterocycles. The molecule has 0 radical (unpaired) electrons. The zero-order valence-corrected chi connectivity index (χ0v) is 17.2. The number of ether oxygens (including phenoxy) is 3. The molecule has 0 saturated carbocycles. The molecule has 0 spiro atoms. The number of nitrogens with zero attached hydrogens (tertiary/aromatic N) is 3. The summed E-state index contributed by atoms with van der Waals surface area (Å²) in [7, 11) is 3.23. The molecule has 2 heterocycles. The van der Waals surface area contributed by atoms with Crippen LogP contribution in [0.5, 0.6) is 17.6 Å². The van der Waals surface area contributed by atoms with Crippen molar-refractivity contribution in [1.82, 2.24) is 15.1 Å². The van der Waals surface area contributed by atoms with Crippen molar-refractivity contribution < 1.29 is 18.7 Å². The van der Waals surface area contributed by atoms with Crippen LogP contribution in [0.25, 0.3) is 22.0 Å². The largest absolute Gasteiger partial charge is 0.497 e. The number of methoxy groups -OCH3 is 2. The minimum absolute atomic E-state index is 0.0523. The Hall–Kier alpha value is -3.10. The fourth-order valence-corrected chi connectivity index (χ4v) is 3.68. The normalized spacial score (nSPS) is 10.7. The van der Waals surface area contributed by atoms with Crippen molar-refractivity contribution in [3.63, 3.8) is 0 Å². The Morgan fingerprint density at radius 1 is 1.03 bits per heavy atom. The molecule has 2 aromatic heterocycles. The summed E-state index contributed by atoms with van der Waals surface area (Å²) in [5.74, 6) is 1.77. The van der Waals surface area contributed by atoms with E-state index in [9.17, 15) is 0 Å². The van der Waals surface area contributed by atoms with Gasteiger partial charge in [0.15, 0.2) is 0 Å². The summed E-state index contributed by atoms with van der Waals surface area (Å²) in [4.78, 5) is 8.83. The van der Waals surface area contributed by atoms with E-state index in [0.29, 0.717) is 22.2 Å². The molecule has 0 aliphatic carbocycles. The maximum absolute atomic E-state index is 6.16. The highest BCUT2D eigenvalue weighted by Crippen LogP contribution is 2.35. The molecule has 0 aliphatic heterocycles. The molecule has 2 aromatic carbocycles. The minimum atomic E-state index is 0.0523. The summed E-state index contributed by atoms with van der Waals surface area (Å²) in [5.41, 5.74) is 2.29. The number of halogens is 1. The number of benzene rings is 2. The SMILES string of the molecule is COc1ccc(-c2nc(COc3nc(-c4ccccc4Cl)no3)cs2)c(OC)c1. The third-order valence-corrected chi connectivity index (χ3v) is 5.31. The maximum Gasteiger partial charge on any atom is 0.418 e. The monoisotopic (exact) mass is 429 g/mol. The first-order valence-electron chi connectivity index (χ1n) is 8.56. The van der Waals surface area contributed by atoms with E-state index < -0.39 is 0 Å². The zero-order valence-electron chi connectivity index (χ0n) is 15.6. The van der Waals surface area contributed by atoms with Gasteiger partial charge in [-0.2, -0.15) is 4.98 Å². The van der Waals surface area contributed by atoms with Gasteiger partial charge in [-0.15, -0.1) is 11.3 Å². The van der Waals surface area contributed by atoms with Gasteiger partial charge >= 0.3 is 6.08 Å². The van der Waals surface area contributed by atoms with E-state index >= 15 is 0 Å². The van der Waals surface area contributed by atoms with Crippen LogP contribution in [-0.4, -0.2) is 29.3 Å². The topological polar surface area (TPSA) is 79.5 Å². The van der Waals surface area contributed by atoms with E-state index in [2.05, 4.69) is 15.1 Å². The maximum atomic E-state index is 6.16. The molecule has 7 nitrogen and oxygen atoms in total. The molecule has 0 aliphatic rings. The highest BCUT2D eigenvalue weighted by atomic mass is 35.5. The lowest BCUT2D eigenvalue weighted by Gasteiger charge is -2.08. The smallest absolute Gasteiger partial charge is 0.418 e. The van der Waals surface area contributed by atoms with Gasteiger partial charge in [-0.05, 0) is 24.3 Å². The van der Waals surface area contributed by atoms with Crippen LogP contribution in [0.2, 0.25) is 5.02 Å². The van der Waals surface area contributed by atoms with Crippen LogP contribution in [-0.2, 0) is 6.61 Å². The number of hydrogen-bond acceptors (Lipinski definition) is 8. The van der Waals surface area contributed by atoms with Crippen molar-refractivity contribution in [2.75, 3.05) is 14.2 Å². The van der Waals surface area contributed by atoms with Crippen LogP contribution < -0.4 is 14.2 Å². The molecule has 0 fully saturated rings. The van der Waals surface area contributed by atoms with Crippen molar-refractivity contribution >= 4 is 22.9 Å². The van der Waals surface area contributed by atoms with Gasteiger partial charge in [0.25, 0.3) is 0 Å². The lowest BCUT2D eigenvalue weighted by atomic mass is 10.2. The molecule has 0 unspecified atom stereocenters. The fraction of sp³-hybridized carbons (Fsp3) is 0.150. The molecule has 29 heavy (non-hydrogen) atoms. The van der Waals surface area contributed by atoms with Gasteiger partial charge in [-0.25, -0.2) is 4.98 Å². The van der Waals surface area contributed by atoms with Gasteiger partial charge < -0.3 is 14.2 Å². The van der Waals surface area contributed by atoms with Gasteiger partial charge in [-0.3, -0.25) is 4.52 Å². The summed E-state index contributed by atoms with van der Waals surface area (Å²) in [6.45, 7) is 0.194. The lowest BCUT2D eigenvalue weighted by Crippen LogP contribution is -1.96. The summed E-state index contributed by atoms with van der Waals surface area (Å²) in [5, 5.41) is 7.17. The number of aromatic nitrogens is 3. The summed E-state index contributed by atoms with van der Waals surface area (Å²) < 4.78 is 21.4. The third-order valence-electron chi connectivity index (χ3n) is 4.06. The van der Waals surface area contributed by atoms with E-state index in [1.165, 1.54) is 11.3 Å². The lowest BCUT2D eigenvalue weighted by molar-refractivity contribution is 0.193. The van der Waals surface area contributed by atoms with Crippen LogP contribution >= 0.6 is 22.9 Å². The molecular formula is C20H16ClN3O4S.